The van der Waals surface area contributed by atoms with E-state index in [4.69, 9.17) is 10.5 Å². The average Bonchev–Trinajstić information content (AvgIpc) is 2.74. The summed E-state index contributed by atoms with van der Waals surface area (Å²) < 4.78 is 5.73. The SMILES string of the molecule is CC(C)(C)C(N)CC(=O)N1CCOC2CCCC21. The minimum absolute atomic E-state index is 0.0168. The summed E-state index contributed by atoms with van der Waals surface area (Å²) >= 11 is 0. The molecule has 2 fully saturated rings. The molecule has 1 saturated heterocycles. The highest BCUT2D eigenvalue weighted by Gasteiger charge is 2.39. The van der Waals surface area contributed by atoms with Crippen LogP contribution in [0.25, 0.3) is 0 Å². The molecule has 3 unspecified atom stereocenters. The fourth-order valence-electron chi connectivity index (χ4n) is 2.85. The van der Waals surface area contributed by atoms with E-state index in [0.717, 1.165) is 19.4 Å². The zero-order chi connectivity index (χ0) is 13.3. The molecule has 104 valence electrons. The molecule has 1 saturated carbocycles. The molecule has 4 nitrogen and oxygen atoms in total. The Morgan fingerprint density at radius 2 is 2.17 bits per heavy atom. The Bertz CT molecular complexity index is 311. The van der Waals surface area contributed by atoms with E-state index in [2.05, 4.69) is 20.8 Å². The Morgan fingerprint density at radius 1 is 1.44 bits per heavy atom. The predicted octanol–water partition coefficient (Wildman–Crippen LogP) is 1.53. The van der Waals surface area contributed by atoms with E-state index < -0.39 is 0 Å². The minimum atomic E-state index is -0.0762. The Kier molecular flexibility index (Phi) is 3.97. The summed E-state index contributed by atoms with van der Waals surface area (Å²) in [6.07, 6.45) is 4.08. The molecule has 18 heavy (non-hydrogen) atoms. The number of fused-ring (bicyclic) bond motifs is 1. The lowest BCUT2D eigenvalue weighted by Crippen LogP contribution is -2.53. The van der Waals surface area contributed by atoms with Crippen LogP contribution in [0.5, 0.6) is 0 Å². The van der Waals surface area contributed by atoms with E-state index in [1.165, 1.54) is 6.42 Å². The third-order valence-corrected chi connectivity index (χ3v) is 4.31. The third-order valence-electron chi connectivity index (χ3n) is 4.31. The summed E-state index contributed by atoms with van der Waals surface area (Å²) in [4.78, 5) is 14.4. The van der Waals surface area contributed by atoms with Crippen LogP contribution in [0.1, 0.15) is 46.5 Å². The quantitative estimate of drug-likeness (QED) is 0.813. The molecule has 1 heterocycles. The first-order chi connectivity index (χ1) is 8.39. The van der Waals surface area contributed by atoms with E-state index in [-0.39, 0.29) is 23.5 Å². The topological polar surface area (TPSA) is 55.6 Å². The molecule has 2 N–H and O–H groups in total. The van der Waals surface area contributed by atoms with Gasteiger partial charge in [-0.25, -0.2) is 0 Å². The van der Waals surface area contributed by atoms with Crippen molar-refractivity contribution in [1.29, 1.82) is 0 Å². The van der Waals surface area contributed by atoms with Gasteiger partial charge in [-0.1, -0.05) is 20.8 Å². The maximum absolute atomic E-state index is 12.4. The van der Waals surface area contributed by atoms with Gasteiger partial charge in [-0.3, -0.25) is 4.79 Å². The number of carbonyl (C=O) groups is 1. The van der Waals surface area contributed by atoms with Gasteiger partial charge < -0.3 is 15.4 Å². The van der Waals surface area contributed by atoms with E-state index in [1.54, 1.807) is 0 Å². The highest BCUT2D eigenvalue weighted by atomic mass is 16.5. The molecule has 0 aromatic carbocycles. The maximum Gasteiger partial charge on any atom is 0.224 e. The third kappa shape index (κ3) is 2.86. The summed E-state index contributed by atoms with van der Waals surface area (Å²) in [5.41, 5.74) is 6.10. The summed E-state index contributed by atoms with van der Waals surface area (Å²) in [6.45, 7) is 7.67. The van der Waals surface area contributed by atoms with Crippen molar-refractivity contribution >= 4 is 5.91 Å². The Balaban J connectivity index is 1.96. The van der Waals surface area contributed by atoms with Crippen molar-refractivity contribution in [3.8, 4) is 0 Å². The molecular formula is C14H26N2O2. The number of hydrogen-bond donors (Lipinski definition) is 1. The van der Waals surface area contributed by atoms with Gasteiger partial charge >= 0.3 is 0 Å². The van der Waals surface area contributed by atoms with Gasteiger partial charge in [0.1, 0.15) is 0 Å². The molecule has 3 atom stereocenters. The van der Waals surface area contributed by atoms with E-state index in [0.29, 0.717) is 19.1 Å². The number of ether oxygens (including phenoxy) is 1. The standard InChI is InChI=1S/C14H26N2O2/c1-14(2,3)12(15)9-13(17)16-7-8-18-11-6-4-5-10(11)16/h10-12H,4-9,15H2,1-3H3. The number of nitrogens with zero attached hydrogens (tertiary/aromatic N) is 1. The maximum atomic E-state index is 12.4. The molecule has 1 aliphatic heterocycles. The molecule has 0 aromatic heterocycles. The van der Waals surface area contributed by atoms with Gasteiger partial charge in [0.15, 0.2) is 0 Å². The second-order valence-corrected chi connectivity index (χ2v) is 6.67. The van der Waals surface area contributed by atoms with Crippen LogP contribution in [0.3, 0.4) is 0 Å². The number of amides is 1. The van der Waals surface area contributed by atoms with Crippen LogP contribution in [-0.2, 0) is 9.53 Å². The first kappa shape index (κ1) is 13.8. The van der Waals surface area contributed by atoms with E-state index in [9.17, 15) is 4.79 Å². The molecule has 0 spiro atoms. The van der Waals surface area contributed by atoms with Gasteiger partial charge in [0.2, 0.25) is 5.91 Å². The summed E-state index contributed by atoms with van der Waals surface area (Å²) in [7, 11) is 0. The fourth-order valence-corrected chi connectivity index (χ4v) is 2.85. The first-order valence-corrected chi connectivity index (χ1v) is 7.06. The lowest BCUT2D eigenvalue weighted by molar-refractivity contribution is -0.144. The van der Waals surface area contributed by atoms with Crippen molar-refractivity contribution in [3.05, 3.63) is 0 Å². The first-order valence-electron chi connectivity index (χ1n) is 7.06. The molecule has 1 aliphatic carbocycles. The second kappa shape index (κ2) is 5.17. The van der Waals surface area contributed by atoms with Crippen molar-refractivity contribution in [2.75, 3.05) is 13.2 Å². The molecule has 0 bridgehead atoms. The number of nitrogens with two attached hydrogens (primary N) is 1. The van der Waals surface area contributed by atoms with Crippen molar-refractivity contribution in [3.63, 3.8) is 0 Å². The minimum Gasteiger partial charge on any atom is -0.374 e. The molecule has 0 aromatic rings. The number of rotatable bonds is 2. The highest BCUT2D eigenvalue weighted by molar-refractivity contribution is 5.77. The van der Waals surface area contributed by atoms with Crippen LogP contribution in [-0.4, -0.2) is 42.1 Å². The lowest BCUT2D eigenvalue weighted by Gasteiger charge is -2.39. The molecule has 4 heteroatoms. The molecular weight excluding hydrogens is 228 g/mol. The monoisotopic (exact) mass is 254 g/mol. The zero-order valence-electron chi connectivity index (χ0n) is 11.8. The normalized spacial score (nSPS) is 30.1. The summed E-state index contributed by atoms with van der Waals surface area (Å²) in [5.74, 6) is 0.206. The smallest absolute Gasteiger partial charge is 0.224 e. The van der Waals surface area contributed by atoms with Gasteiger partial charge in [-0.2, -0.15) is 0 Å². The Morgan fingerprint density at radius 3 is 2.83 bits per heavy atom. The van der Waals surface area contributed by atoms with Gasteiger partial charge in [0, 0.05) is 19.0 Å². The van der Waals surface area contributed by atoms with Crippen molar-refractivity contribution in [2.24, 2.45) is 11.1 Å². The molecule has 2 aliphatic rings. The van der Waals surface area contributed by atoms with E-state index in [1.807, 2.05) is 4.90 Å². The molecule has 1 amide bonds. The van der Waals surface area contributed by atoms with Gasteiger partial charge in [0.25, 0.3) is 0 Å². The van der Waals surface area contributed by atoms with E-state index >= 15 is 0 Å². The molecule has 2 rings (SSSR count). The molecule has 0 radical (unpaired) electrons. The van der Waals surface area contributed by atoms with Gasteiger partial charge in [0.05, 0.1) is 18.8 Å². The largest absolute Gasteiger partial charge is 0.374 e. The van der Waals surface area contributed by atoms with Gasteiger partial charge in [-0.15, -0.1) is 0 Å². The van der Waals surface area contributed by atoms with Crippen LogP contribution >= 0.6 is 0 Å². The van der Waals surface area contributed by atoms with Crippen LogP contribution in [0.15, 0.2) is 0 Å². The van der Waals surface area contributed by atoms with Crippen LogP contribution in [0.4, 0.5) is 0 Å². The van der Waals surface area contributed by atoms with Crippen LogP contribution in [0.2, 0.25) is 0 Å². The highest BCUT2D eigenvalue weighted by Crippen LogP contribution is 2.30. The Hall–Kier alpha value is -0.610. The number of hydrogen-bond acceptors (Lipinski definition) is 3. The van der Waals surface area contributed by atoms with Crippen molar-refractivity contribution in [1.82, 2.24) is 4.90 Å². The number of morpholine rings is 1. The van der Waals surface area contributed by atoms with Crippen LogP contribution in [0, 0.1) is 5.41 Å². The fraction of sp³-hybridized carbons (Fsp3) is 0.929. The van der Waals surface area contributed by atoms with Gasteiger partial charge in [-0.05, 0) is 24.7 Å². The Labute approximate surface area is 110 Å². The van der Waals surface area contributed by atoms with Crippen LogP contribution < -0.4 is 5.73 Å². The van der Waals surface area contributed by atoms with Crippen molar-refractivity contribution < 1.29 is 9.53 Å². The summed E-state index contributed by atoms with van der Waals surface area (Å²) in [6, 6.07) is 0.228. The predicted molar refractivity (Wildman–Crippen MR) is 71.1 cm³/mol. The average molecular weight is 254 g/mol. The lowest BCUT2D eigenvalue weighted by atomic mass is 9.85. The zero-order valence-corrected chi connectivity index (χ0v) is 11.8. The summed E-state index contributed by atoms with van der Waals surface area (Å²) in [5, 5.41) is 0. The second-order valence-electron chi connectivity index (χ2n) is 6.67. The van der Waals surface area contributed by atoms with Crippen molar-refractivity contribution in [2.45, 2.75) is 64.6 Å². The number of carbonyl (C=O) groups excluding carboxylic acids is 1.